The molecule has 2 aromatic heterocycles. The SMILES string of the molecule is CCNC(=S)Nc1ccc2ncc(Nc3ccccc3C(=O)OC)nc2n1. The number of fused-ring (bicyclic) bond motifs is 1. The van der Waals surface area contributed by atoms with E-state index < -0.39 is 5.97 Å². The van der Waals surface area contributed by atoms with Crippen LogP contribution in [0.15, 0.2) is 42.6 Å². The molecular formula is C18H18N6O2S. The third kappa shape index (κ3) is 4.45. The fourth-order valence-corrected chi connectivity index (χ4v) is 2.62. The van der Waals surface area contributed by atoms with Crippen molar-refractivity contribution in [3.8, 4) is 0 Å². The lowest BCUT2D eigenvalue weighted by atomic mass is 10.2. The predicted octanol–water partition coefficient (Wildman–Crippen LogP) is 2.86. The zero-order valence-electron chi connectivity index (χ0n) is 14.8. The second-order valence-electron chi connectivity index (χ2n) is 5.44. The molecule has 3 rings (SSSR count). The molecule has 1 aromatic carbocycles. The Bertz CT molecular complexity index is 995. The molecule has 3 N–H and O–H groups in total. The largest absolute Gasteiger partial charge is 0.465 e. The van der Waals surface area contributed by atoms with Gasteiger partial charge in [0.2, 0.25) is 0 Å². The Kier molecular flexibility index (Phi) is 5.72. The summed E-state index contributed by atoms with van der Waals surface area (Å²) in [6.45, 7) is 2.67. The van der Waals surface area contributed by atoms with Crippen LogP contribution in [0, 0.1) is 0 Å². The van der Waals surface area contributed by atoms with Crippen molar-refractivity contribution in [3.05, 3.63) is 48.2 Å². The predicted molar refractivity (Wildman–Crippen MR) is 108 cm³/mol. The summed E-state index contributed by atoms with van der Waals surface area (Å²) in [5, 5.41) is 9.56. The number of methoxy groups -OCH3 is 1. The smallest absolute Gasteiger partial charge is 0.339 e. The van der Waals surface area contributed by atoms with Crippen LogP contribution in [0.4, 0.5) is 17.3 Å². The van der Waals surface area contributed by atoms with Crippen LogP contribution in [0.5, 0.6) is 0 Å². The molecular weight excluding hydrogens is 364 g/mol. The van der Waals surface area contributed by atoms with Crippen LogP contribution >= 0.6 is 12.2 Å². The number of esters is 1. The van der Waals surface area contributed by atoms with Gasteiger partial charge in [-0.2, -0.15) is 0 Å². The second-order valence-corrected chi connectivity index (χ2v) is 5.85. The number of benzene rings is 1. The van der Waals surface area contributed by atoms with Gasteiger partial charge in [0.05, 0.1) is 24.6 Å². The lowest BCUT2D eigenvalue weighted by Gasteiger charge is -2.11. The Morgan fingerprint density at radius 3 is 2.70 bits per heavy atom. The maximum absolute atomic E-state index is 11.9. The average molecular weight is 382 g/mol. The van der Waals surface area contributed by atoms with E-state index in [1.54, 1.807) is 36.5 Å². The molecule has 0 aliphatic heterocycles. The summed E-state index contributed by atoms with van der Waals surface area (Å²) in [5.41, 5.74) is 2.06. The van der Waals surface area contributed by atoms with Gasteiger partial charge in [-0.05, 0) is 43.4 Å². The van der Waals surface area contributed by atoms with Crippen LogP contribution < -0.4 is 16.0 Å². The number of para-hydroxylation sites is 1. The van der Waals surface area contributed by atoms with Crippen molar-refractivity contribution in [2.45, 2.75) is 6.92 Å². The van der Waals surface area contributed by atoms with Crippen LogP contribution in [-0.4, -0.2) is 39.7 Å². The number of ether oxygens (including phenoxy) is 1. The van der Waals surface area contributed by atoms with E-state index in [1.165, 1.54) is 7.11 Å². The molecule has 0 spiro atoms. The van der Waals surface area contributed by atoms with Crippen molar-refractivity contribution in [2.24, 2.45) is 0 Å². The minimum absolute atomic E-state index is 0.404. The van der Waals surface area contributed by atoms with E-state index in [-0.39, 0.29) is 0 Å². The lowest BCUT2D eigenvalue weighted by Crippen LogP contribution is -2.28. The molecule has 0 aliphatic rings. The highest BCUT2D eigenvalue weighted by Crippen LogP contribution is 2.21. The van der Waals surface area contributed by atoms with E-state index in [9.17, 15) is 4.79 Å². The molecule has 0 atom stereocenters. The number of carbonyl (C=O) groups excluding carboxylic acids is 1. The number of hydrogen-bond donors (Lipinski definition) is 3. The highest BCUT2D eigenvalue weighted by molar-refractivity contribution is 7.80. The number of aromatic nitrogens is 3. The topological polar surface area (TPSA) is 101 Å². The number of nitrogens with one attached hydrogen (secondary N) is 3. The zero-order chi connectivity index (χ0) is 19.2. The Morgan fingerprint density at radius 1 is 1.15 bits per heavy atom. The number of pyridine rings is 1. The van der Waals surface area contributed by atoms with E-state index in [0.29, 0.717) is 45.7 Å². The maximum Gasteiger partial charge on any atom is 0.339 e. The molecule has 2 heterocycles. The van der Waals surface area contributed by atoms with Crippen molar-refractivity contribution >= 4 is 51.8 Å². The van der Waals surface area contributed by atoms with E-state index in [2.05, 4.69) is 30.9 Å². The lowest BCUT2D eigenvalue weighted by molar-refractivity contribution is 0.0602. The van der Waals surface area contributed by atoms with Gasteiger partial charge in [-0.15, -0.1) is 0 Å². The Balaban J connectivity index is 1.88. The van der Waals surface area contributed by atoms with Gasteiger partial charge in [-0.1, -0.05) is 12.1 Å². The normalized spacial score (nSPS) is 10.3. The molecule has 0 saturated heterocycles. The van der Waals surface area contributed by atoms with Crippen molar-refractivity contribution < 1.29 is 9.53 Å². The molecule has 27 heavy (non-hydrogen) atoms. The molecule has 138 valence electrons. The van der Waals surface area contributed by atoms with Gasteiger partial charge < -0.3 is 20.7 Å². The van der Waals surface area contributed by atoms with Gasteiger partial charge in [0.1, 0.15) is 11.3 Å². The number of hydrogen-bond acceptors (Lipinski definition) is 7. The molecule has 0 fully saturated rings. The summed E-state index contributed by atoms with van der Waals surface area (Å²) in [6.07, 6.45) is 1.58. The van der Waals surface area contributed by atoms with Crippen molar-refractivity contribution in [3.63, 3.8) is 0 Å². The Morgan fingerprint density at radius 2 is 1.93 bits per heavy atom. The Hall–Kier alpha value is -3.33. The van der Waals surface area contributed by atoms with Gasteiger partial charge in [0.15, 0.2) is 16.6 Å². The van der Waals surface area contributed by atoms with Crippen LogP contribution in [0.3, 0.4) is 0 Å². The number of nitrogens with zero attached hydrogens (tertiary/aromatic N) is 3. The third-order valence-corrected chi connectivity index (χ3v) is 3.83. The van der Waals surface area contributed by atoms with E-state index >= 15 is 0 Å². The van der Waals surface area contributed by atoms with Crippen LogP contribution in [-0.2, 0) is 4.74 Å². The molecule has 9 heteroatoms. The molecule has 0 amide bonds. The maximum atomic E-state index is 11.9. The molecule has 0 aliphatic carbocycles. The van der Waals surface area contributed by atoms with Gasteiger partial charge in [-0.25, -0.2) is 19.7 Å². The van der Waals surface area contributed by atoms with Gasteiger partial charge in [0.25, 0.3) is 0 Å². The summed E-state index contributed by atoms with van der Waals surface area (Å²) in [5.74, 6) is 0.584. The summed E-state index contributed by atoms with van der Waals surface area (Å²) in [6, 6.07) is 10.6. The minimum Gasteiger partial charge on any atom is -0.465 e. The standard InChI is InChI=1S/C18H18N6O2S/c1-3-19-18(27)24-14-9-8-13-16(22-14)23-15(10-20-13)21-12-7-5-4-6-11(12)17(25)26-2/h4-10H,3H2,1-2H3,(H3,19,21,22,23,24,27). The number of thiocarbonyl (C=S) groups is 1. The van der Waals surface area contributed by atoms with Crippen LogP contribution in [0.2, 0.25) is 0 Å². The van der Waals surface area contributed by atoms with Gasteiger partial charge in [-0.3, -0.25) is 0 Å². The highest BCUT2D eigenvalue weighted by Gasteiger charge is 2.12. The fourth-order valence-electron chi connectivity index (χ4n) is 2.37. The molecule has 0 unspecified atom stereocenters. The summed E-state index contributed by atoms with van der Waals surface area (Å²) in [4.78, 5) is 25.1. The number of anilines is 3. The second kappa shape index (κ2) is 8.37. The number of rotatable bonds is 5. The highest BCUT2D eigenvalue weighted by atomic mass is 32.1. The molecule has 0 bridgehead atoms. The van der Waals surface area contributed by atoms with Crippen molar-refractivity contribution in [1.82, 2.24) is 20.3 Å². The van der Waals surface area contributed by atoms with E-state index in [1.807, 2.05) is 13.0 Å². The first-order valence-electron chi connectivity index (χ1n) is 8.23. The quantitative estimate of drug-likeness (QED) is 0.454. The monoisotopic (exact) mass is 382 g/mol. The summed E-state index contributed by atoms with van der Waals surface area (Å²) >= 11 is 5.17. The van der Waals surface area contributed by atoms with Crippen LogP contribution in [0.1, 0.15) is 17.3 Å². The first-order chi connectivity index (χ1) is 13.1. The Labute approximate surface area is 161 Å². The van der Waals surface area contributed by atoms with Gasteiger partial charge in [0, 0.05) is 6.54 Å². The minimum atomic E-state index is -0.437. The number of carbonyl (C=O) groups is 1. The first kappa shape index (κ1) is 18.5. The molecule has 8 nitrogen and oxygen atoms in total. The molecule has 0 radical (unpaired) electrons. The zero-order valence-corrected chi connectivity index (χ0v) is 15.6. The van der Waals surface area contributed by atoms with E-state index in [4.69, 9.17) is 17.0 Å². The van der Waals surface area contributed by atoms with Gasteiger partial charge >= 0.3 is 5.97 Å². The van der Waals surface area contributed by atoms with Crippen molar-refractivity contribution in [2.75, 3.05) is 24.3 Å². The van der Waals surface area contributed by atoms with Crippen molar-refractivity contribution in [1.29, 1.82) is 0 Å². The molecule has 0 saturated carbocycles. The summed E-state index contributed by atoms with van der Waals surface area (Å²) < 4.78 is 4.80. The van der Waals surface area contributed by atoms with E-state index in [0.717, 1.165) is 0 Å². The van der Waals surface area contributed by atoms with Crippen LogP contribution in [0.25, 0.3) is 11.2 Å². The third-order valence-electron chi connectivity index (χ3n) is 3.58. The molecule has 3 aromatic rings. The fraction of sp³-hybridized carbons (Fsp3) is 0.167. The summed E-state index contributed by atoms with van der Waals surface area (Å²) in [7, 11) is 1.34. The average Bonchev–Trinajstić information content (AvgIpc) is 2.67. The first-order valence-corrected chi connectivity index (χ1v) is 8.64.